The number of carbonyl (C=O) groups is 1. The van der Waals surface area contributed by atoms with E-state index in [-0.39, 0.29) is 22.4 Å². The van der Waals surface area contributed by atoms with Gasteiger partial charge in [0.1, 0.15) is 5.76 Å². The van der Waals surface area contributed by atoms with Gasteiger partial charge in [-0.25, -0.2) is 0 Å². The lowest BCUT2D eigenvalue weighted by Crippen LogP contribution is -2.24. The van der Waals surface area contributed by atoms with Crippen molar-refractivity contribution >= 4 is 5.78 Å². The van der Waals surface area contributed by atoms with Gasteiger partial charge < -0.3 is 5.11 Å². The first kappa shape index (κ1) is 16.2. The van der Waals surface area contributed by atoms with E-state index in [4.69, 9.17) is 0 Å². The van der Waals surface area contributed by atoms with Gasteiger partial charge in [-0.1, -0.05) is 54.4 Å². The zero-order valence-corrected chi connectivity index (χ0v) is 12.3. The van der Waals surface area contributed by atoms with Gasteiger partial charge in [0.05, 0.1) is 0 Å². The predicted octanol–water partition coefficient (Wildman–Crippen LogP) is 4.65. The molecule has 0 radical (unpaired) electrons. The molecule has 1 N–H and O–H groups in total. The Balaban J connectivity index is 4.85. The van der Waals surface area contributed by atoms with Crippen LogP contribution < -0.4 is 0 Å². The summed E-state index contributed by atoms with van der Waals surface area (Å²) in [5, 5.41) is 10.1. The molecular weight excluding hydrogens is 212 g/mol. The summed E-state index contributed by atoms with van der Waals surface area (Å²) in [6.45, 7) is 12.0. The lowest BCUT2D eigenvalue weighted by Gasteiger charge is -2.25. The van der Waals surface area contributed by atoms with Crippen molar-refractivity contribution in [3.05, 3.63) is 11.8 Å². The maximum atomic E-state index is 12.1. The second-order valence-corrected chi connectivity index (χ2v) is 6.16. The first-order valence-electron chi connectivity index (χ1n) is 6.63. The van der Waals surface area contributed by atoms with Crippen molar-refractivity contribution in [1.82, 2.24) is 0 Å². The summed E-state index contributed by atoms with van der Waals surface area (Å²) in [5.41, 5.74) is -0.669. The second-order valence-electron chi connectivity index (χ2n) is 6.16. The van der Waals surface area contributed by atoms with Gasteiger partial charge in [-0.2, -0.15) is 0 Å². The summed E-state index contributed by atoms with van der Waals surface area (Å²) in [6.07, 6.45) is 5.15. The molecule has 100 valence electrons. The Morgan fingerprint density at radius 2 is 1.41 bits per heavy atom. The average molecular weight is 240 g/mol. The Morgan fingerprint density at radius 1 is 1.00 bits per heavy atom. The van der Waals surface area contributed by atoms with Crippen LogP contribution in [0.1, 0.15) is 67.2 Å². The van der Waals surface area contributed by atoms with Gasteiger partial charge in [-0.15, -0.1) is 0 Å². The molecule has 0 aliphatic rings. The fraction of sp³-hybridized carbons (Fsp3) is 0.800. The molecule has 0 unspecified atom stereocenters. The molecule has 0 aromatic rings. The highest BCUT2D eigenvalue weighted by molar-refractivity contribution is 5.94. The molecule has 0 rings (SSSR count). The van der Waals surface area contributed by atoms with E-state index >= 15 is 0 Å². The average Bonchev–Trinajstić information content (AvgIpc) is 2.17. The third-order valence-corrected chi connectivity index (χ3v) is 3.38. The SMILES string of the molecule is CCCC(C)(C)C(=O)/C=C(\O)C(C)(C)CCC. The Kier molecular flexibility index (Phi) is 5.94. The fourth-order valence-corrected chi connectivity index (χ4v) is 2.02. The summed E-state index contributed by atoms with van der Waals surface area (Å²) in [6, 6.07) is 0. The van der Waals surface area contributed by atoms with E-state index in [1.165, 1.54) is 6.08 Å². The van der Waals surface area contributed by atoms with Gasteiger partial charge in [0, 0.05) is 16.9 Å². The summed E-state index contributed by atoms with van der Waals surface area (Å²) in [5.74, 6) is 0.245. The van der Waals surface area contributed by atoms with Crippen molar-refractivity contribution in [2.45, 2.75) is 67.2 Å². The van der Waals surface area contributed by atoms with Crippen molar-refractivity contribution in [1.29, 1.82) is 0 Å². The molecule has 0 heterocycles. The van der Waals surface area contributed by atoms with E-state index in [0.717, 1.165) is 25.7 Å². The molecule has 0 aliphatic carbocycles. The van der Waals surface area contributed by atoms with Crippen molar-refractivity contribution in [3.8, 4) is 0 Å². The maximum Gasteiger partial charge on any atom is 0.164 e. The molecule has 0 saturated heterocycles. The highest BCUT2D eigenvalue weighted by atomic mass is 16.3. The molecule has 0 atom stereocenters. The number of aliphatic hydroxyl groups excluding tert-OH is 1. The molecular formula is C15H28O2. The number of hydrogen-bond acceptors (Lipinski definition) is 2. The second kappa shape index (κ2) is 6.23. The van der Waals surface area contributed by atoms with E-state index in [0.29, 0.717) is 0 Å². The molecule has 17 heavy (non-hydrogen) atoms. The number of ketones is 1. The summed E-state index contributed by atoms with van der Waals surface area (Å²) >= 11 is 0. The zero-order valence-electron chi connectivity index (χ0n) is 12.3. The van der Waals surface area contributed by atoms with Gasteiger partial charge in [0.2, 0.25) is 0 Å². The van der Waals surface area contributed by atoms with Crippen LogP contribution in [0, 0.1) is 10.8 Å². The van der Waals surface area contributed by atoms with Crippen LogP contribution in [0.2, 0.25) is 0 Å². The summed E-state index contributed by atoms with van der Waals surface area (Å²) in [4.78, 5) is 12.1. The van der Waals surface area contributed by atoms with E-state index < -0.39 is 0 Å². The van der Waals surface area contributed by atoms with Crippen LogP contribution >= 0.6 is 0 Å². The number of carbonyl (C=O) groups excluding carboxylic acids is 1. The summed E-state index contributed by atoms with van der Waals surface area (Å²) in [7, 11) is 0. The van der Waals surface area contributed by atoms with Crippen LogP contribution in [-0.4, -0.2) is 10.9 Å². The molecule has 0 aromatic carbocycles. The van der Waals surface area contributed by atoms with Crippen LogP contribution in [0.15, 0.2) is 11.8 Å². The number of hydrogen-bond donors (Lipinski definition) is 1. The first-order chi connectivity index (χ1) is 7.67. The standard InChI is InChI=1S/C15H28O2/c1-7-9-14(3,4)12(16)11-13(17)15(5,6)10-8-2/h11,16H,7-10H2,1-6H3/b12-11-. The van der Waals surface area contributed by atoms with Gasteiger partial charge >= 0.3 is 0 Å². The number of aliphatic hydroxyl groups is 1. The lowest BCUT2D eigenvalue weighted by atomic mass is 9.80. The van der Waals surface area contributed by atoms with Crippen molar-refractivity contribution < 1.29 is 9.90 Å². The minimum absolute atomic E-state index is 0.0287. The Morgan fingerprint density at radius 3 is 1.82 bits per heavy atom. The highest BCUT2D eigenvalue weighted by Crippen LogP contribution is 2.32. The highest BCUT2D eigenvalue weighted by Gasteiger charge is 2.28. The van der Waals surface area contributed by atoms with Gasteiger partial charge in [0.25, 0.3) is 0 Å². The lowest BCUT2D eigenvalue weighted by molar-refractivity contribution is -0.122. The van der Waals surface area contributed by atoms with Crippen molar-refractivity contribution in [2.24, 2.45) is 10.8 Å². The molecule has 0 saturated carbocycles. The molecule has 0 fully saturated rings. The minimum atomic E-state index is -0.370. The molecule has 0 aliphatic heterocycles. The van der Waals surface area contributed by atoms with Crippen LogP contribution in [0.25, 0.3) is 0 Å². The maximum absolute atomic E-state index is 12.1. The van der Waals surface area contributed by atoms with Gasteiger partial charge in [-0.05, 0) is 12.8 Å². The third-order valence-electron chi connectivity index (χ3n) is 3.38. The minimum Gasteiger partial charge on any atom is -0.512 e. The predicted molar refractivity (Wildman–Crippen MR) is 73.1 cm³/mol. The number of allylic oxidation sites excluding steroid dienone is 2. The van der Waals surface area contributed by atoms with Crippen molar-refractivity contribution in [3.63, 3.8) is 0 Å². The van der Waals surface area contributed by atoms with Crippen LogP contribution in [-0.2, 0) is 4.79 Å². The third kappa shape index (κ3) is 4.93. The topological polar surface area (TPSA) is 37.3 Å². The van der Waals surface area contributed by atoms with Crippen LogP contribution in [0.3, 0.4) is 0 Å². The normalized spacial score (nSPS) is 13.9. The Labute approximate surface area is 106 Å². The first-order valence-corrected chi connectivity index (χ1v) is 6.63. The largest absolute Gasteiger partial charge is 0.512 e. The van der Waals surface area contributed by atoms with E-state index in [1.54, 1.807) is 0 Å². The quantitative estimate of drug-likeness (QED) is 0.519. The molecule has 0 aromatic heterocycles. The van der Waals surface area contributed by atoms with E-state index in [2.05, 4.69) is 13.8 Å². The fourth-order valence-electron chi connectivity index (χ4n) is 2.02. The smallest absolute Gasteiger partial charge is 0.164 e. The summed E-state index contributed by atoms with van der Waals surface area (Å²) < 4.78 is 0. The Bertz CT molecular complexity index is 285. The molecule has 0 spiro atoms. The van der Waals surface area contributed by atoms with Crippen LogP contribution in [0.5, 0.6) is 0 Å². The van der Waals surface area contributed by atoms with Crippen molar-refractivity contribution in [2.75, 3.05) is 0 Å². The van der Waals surface area contributed by atoms with E-state index in [1.807, 2.05) is 27.7 Å². The number of rotatable bonds is 7. The van der Waals surface area contributed by atoms with E-state index in [9.17, 15) is 9.90 Å². The Hall–Kier alpha value is -0.790. The molecule has 2 nitrogen and oxygen atoms in total. The van der Waals surface area contributed by atoms with Crippen LogP contribution in [0.4, 0.5) is 0 Å². The zero-order chi connectivity index (χ0) is 13.7. The van der Waals surface area contributed by atoms with Gasteiger partial charge in [-0.3, -0.25) is 4.79 Å². The molecule has 2 heteroatoms. The molecule has 0 bridgehead atoms. The van der Waals surface area contributed by atoms with Gasteiger partial charge in [0.15, 0.2) is 5.78 Å². The monoisotopic (exact) mass is 240 g/mol. The molecule has 0 amide bonds.